The molecule has 1 aliphatic rings. The van der Waals surface area contributed by atoms with Gasteiger partial charge in [0.1, 0.15) is 9.88 Å². The molecule has 0 unspecified atom stereocenters. The predicted octanol–water partition coefficient (Wildman–Crippen LogP) is 5.20. The van der Waals surface area contributed by atoms with E-state index in [1.54, 1.807) is 11.8 Å². The molecule has 0 bridgehead atoms. The monoisotopic (exact) mass is 377 g/mol. The molecule has 4 nitrogen and oxygen atoms in total. The smallest absolute Gasteiger partial charge is 0.349 e. The van der Waals surface area contributed by atoms with E-state index in [1.165, 1.54) is 11.3 Å². The molecule has 0 radical (unpaired) electrons. The first kappa shape index (κ1) is 17.5. The van der Waals surface area contributed by atoms with Crippen LogP contribution in [-0.4, -0.2) is 18.5 Å². The van der Waals surface area contributed by atoms with Crippen LogP contribution >= 0.6 is 11.3 Å². The van der Waals surface area contributed by atoms with Crippen LogP contribution in [0.5, 0.6) is 0 Å². The molecule has 0 aliphatic carbocycles. The summed E-state index contributed by atoms with van der Waals surface area (Å²) in [7, 11) is 0. The maximum atomic E-state index is 12.7. The number of benzene rings is 2. The number of nitrogens with zero attached hydrogens (tertiary/aromatic N) is 1. The molecular weight excluding hydrogens is 358 g/mol. The summed E-state index contributed by atoms with van der Waals surface area (Å²) in [5.41, 5.74) is 3.72. The van der Waals surface area contributed by atoms with Gasteiger partial charge in [0.05, 0.1) is 6.61 Å². The Labute approximate surface area is 162 Å². The van der Waals surface area contributed by atoms with Crippen molar-refractivity contribution >= 4 is 33.9 Å². The summed E-state index contributed by atoms with van der Waals surface area (Å²) in [6.45, 7) is 2.12. The molecule has 5 heteroatoms. The van der Waals surface area contributed by atoms with Crippen LogP contribution in [0.4, 0.5) is 10.7 Å². The third kappa shape index (κ3) is 3.15. The highest BCUT2D eigenvalue weighted by Gasteiger charge is 2.33. The maximum absolute atomic E-state index is 12.7. The Kier molecular flexibility index (Phi) is 4.77. The number of esters is 1. The van der Waals surface area contributed by atoms with Gasteiger partial charge in [-0.3, -0.25) is 9.69 Å². The minimum atomic E-state index is -0.337. The van der Waals surface area contributed by atoms with Crippen molar-refractivity contribution in [2.45, 2.75) is 19.8 Å². The Bertz CT molecular complexity index is 980. The first-order chi connectivity index (χ1) is 13.2. The highest BCUT2D eigenvalue weighted by atomic mass is 32.1. The molecule has 2 heterocycles. The Hall–Kier alpha value is -2.92. The topological polar surface area (TPSA) is 46.6 Å². The third-order valence-corrected chi connectivity index (χ3v) is 5.76. The summed E-state index contributed by atoms with van der Waals surface area (Å²) in [6, 6.07) is 19.4. The van der Waals surface area contributed by atoms with Gasteiger partial charge in [0.25, 0.3) is 0 Å². The van der Waals surface area contributed by atoms with Crippen molar-refractivity contribution in [2.75, 3.05) is 11.5 Å². The second-order valence-corrected chi connectivity index (χ2v) is 7.24. The van der Waals surface area contributed by atoms with E-state index >= 15 is 0 Å². The molecule has 0 atom stereocenters. The lowest BCUT2D eigenvalue weighted by Crippen LogP contribution is -2.29. The highest BCUT2D eigenvalue weighted by Crippen LogP contribution is 2.47. The van der Waals surface area contributed by atoms with Crippen LogP contribution < -0.4 is 4.90 Å². The van der Waals surface area contributed by atoms with E-state index in [-0.39, 0.29) is 11.9 Å². The van der Waals surface area contributed by atoms with E-state index in [0.29, 0.717) is 24.3 Å². The van der Waals surface area contributed by atoms with Crippen LogP contribution in [0.15, 0.2) is 60.7 Å². The zero-order chi connectivity index (χ0) is 18.8. The average Bonchev–Trinajstić information content (AvgIpc) is 3.09. The van der Waals surface area contributed by atoms with E-state index in [0.717, 1.165) is 27.4 Å². The lowest BCUT2D eigenvalue weighted by Gasteiger charge is -2.27. The highest BCUT2D eigenvalue weighted by molar-refractivity contribution is 7.19. The molecule has 136 valence electrons. The standard InChI is InChI=1S/C22H19NO3S/c1-2-26-22(25)20-19(15-9-5-3-6-10-15)17-13-14-18(24)23(21(17)27-20)16-11-7-4-8-12-16/h3-12H,2,13-14H2,1H3. The minimum Gasteiger partial charge on any atom is -0.462 e. The van der Waals surface area contributed by atoms with E-state index in [1.807, 2.05) is 60.7 Å². The predicted molar refractivity (Wildman–Crippen MR) is 108 cm³/mol. The van der Waals surface area contributed by atoms with Crippen LogP contribution in [0.3, 0.4) is 0 Å². The van der Waals surface area contributed by atoms with Crippen molar-refractivity contribution in [2.24, 2.45) is 0 Å². The lowest BCUT2D eigenvalue weighted by molar-refractivity contribution is -0.118. The van der Waals surface area contributed by atoms with Gasteiger partial charge >= 0.3 is 5.97 Å². The molecule has 0 fully saturated rings. The van der Waals surface area contributed by atoms with Gasteiger partial charge in [0, 0.05) is 17.7 Å². The van der Waals surface area contributed by atoms with Crippen LogP contribution in [0, 0.1) is 0 Å². The minimum absolute atomic E-state index is 0.0463. The zero-order valence-corrected chi connectivity index (χ0v) is 15.8. The second kappa shape index (κ2) is 7.37. The molecule has 1 aliphatic heterocycles. The van der Waals surface area contributed by atoms with Crippen LogP contribution in [0.2, 0.25) is 0 Å². The number of fused-ring (bicyclic) bond motifs is 1. The van der Waals surface area contributed by atoms with Gasteiger partial charge in [0.2, 0.25) is 5.91 Å². The SMILES string of the molecule is CCOC(=O)c1sc2c(c1-c1ccccc1)CCC(=O)N2c1ccccc1. The number of amides is 1. The Morgan fingerprint density at radius 2 is 1.70 bits per heavy atom. The fourth-order valence-electron chi connectivity index (χ4n) is 3.41. The average molecular weight is 377 g/mol. The molecule has 4 rings (SSSR count). The number of carbonyl (C=O) groups is 2. The lowest BCUT2D eigenvalue weighted by atomic mass is 9.95. The first-order valence-electron chi connectivity index (χ1n) is 8.97. The summed E-state index contributed by atoms with van der Waals surface area (Å²) in [4.78, 5) is 27.7. The van der Waals surface area contributed by atoms with Crippen molar-refractivity contribution in [3.63, 3.8) is 0 Å². The molecule has 3 aromatic rings. The van der Waals surface area contributed by atoms with Crippen molar-refractivity contribution in [1.29, 1.82) is 0 Å². The van der Waals surface area contributed by atoms with Crippen molar-refractivity contribution in [3.8, 4) is 11.1 Å². The molecule has 1 aromatic heterocycles. The number of thiophene rings is 1. The van der Waals surface area contributed by atoms with Gasteiger partial charge in [-0.2, -0.15) is 0 Å². The van der Waals surface area contributed by atoms with Gasteiger partial charge in [0.15, 0.2) is 0 Å². The summed E-state index contributed by atoms with van der Waals surface area (Å²) < 4.78 is 5.30. The number of carbonyl (C=O) groups excluding carboxylic acids is 2. The van der Waals surface area contributed by atoms with Gasteiger partial charge in [-0.05, 0) is 36.6 Å². The largest absolute Gasteiger partial charge is 0.462 e. The second-order valence-electron chi connectivity index (χ2n) is 6.24. The number of hydrogen-bond donors (Lipinski definition) is 0. The van der Waals surface area contributed by atoms with Crippen molar-refractivity contribution in [3.05, 3.63) is 71.1 Å². The molecule has 0 spiro atoms. The summed E-state index contributed by atoms with van der Waals surface area (Å²) >= 11 is 1.34. The molecule has 0 saturated heterocycles. The summed E-state index contributed by atoms with van der Waals surface area (Å²) in [5, 5.41) is 0.819. The molecule has 0 saturated carbocycles. The number of anilines is 2. The van der Waals surface area contributed by atoms with E-state index in [9.17, 15) is 9.59 Å². The Morgan fingerprint density at radius 3 is 2.37 bits per heavy atom. The number of hydrogen-bond acceptors (Lipinski definition) is 4. The number of ether oxygens (including phenoxy) is 1. The van der Waals surface area contributed by atoms with Gasteiger partial charge in [-0.15, -0.1) is 11.3 Å². The fourth-order valence-corrected chi connectivity index (χ4v) is 4.72. The fraction of sp³-hybridized carbons (Fsp3) is 0.182. The van der Waals surface area contributed by atoms with Crippen LogP contribution in [0.25, 0.3) is 11.1 Å². The molecule has 2 aromatic carbocycles. The molecule has 27 heavy (non-hydrogen) atoms. The third-order valence-electron chi connectivity index (χ3n) is 4.56. The van der Waals surface area contributed by atoms with Crippen LogP contribution in [-0.2, 0) is 16.0 Å². The van der Waals surface area contributed by atoms with Crippen molar-refractivity contribution < 1.29 is 14.3 Å². The van der Waals surface area contributed by atoms with E-state index in [4.69, 9.17) is 4.74 Å². The Balaban J connectivity index is 1.93. The molecular formula is C22H19NO3S. The zero-order valence-electron chi connectivity index (χ0n) is 15.0. The van der Waals surface area contributed by atoms with Crippen molar-refractivity contribution in [1.82, 2.24) is 0 Å². The molecule has 0 N–H and O–H groups in total. The Morgan fingerprint density at radius 1 is 1.04 bits per heavy atom. The van der Waals surface area contributed by atoms with Crippen LogP contribution in [0.1, 0.15) is 28.6 Å². The first-order valence-corrected chi connectivity index (χ1v) is 9.78. The number of para-hydroxylation sites is 1. The molecule has 1 amide bonds. The van der Waals surface area contributed by atoms with Gasteiger partial charge in [-0.1, -0.05) is 48.5 Å². The normalized spacial score (nSPS) is 13.4. The van der Waals surface area contributed by atoms with E-state index in [2.05, 4.69) is 0 Å². The van der Waals surface area contributed by atoms with Gasteiger partial charge < -0.3 is 4.74 Å². The van der Waals surface area contributed by atoms with Gasteiger partial charge in [-0.25, -0.2) is 4.79 Å². The quantitative estimate of drug-likeness (QED) is 0.587. The van der Waals surface area contributed by atoms with E-state index < -0.39 is 0 Å². The summed E-state index contributed by atoms with van der Waals surface area (Å²) in [5.74, 6) is -0.291. The number of rotatable bonds is 4. The summed E-state index contributed by atoms with van der Waals surface area (Å²) in [6.07, 6.45) is 1.04. The maximum Gasteiger partial charge on any atom is 0.349 e.